The van der Waals surface area contributed by atoms with Crippen molar-refractivity contribution in [2.24, 2.45) is 11.8 Å². The van der Waals surface area contributed by atoms with E-state index in [9.17, 15) is 5.11 Å². The highest BCUT2D eigenvalue weighted by atomic mass is 16.3. The number of rotatable bonds is 6. The minimum atomic E-state index is -0.00627. The maximum Gasteiger partial charge on any atom is 0.0610 e. The van der Waals surface area contributed by atoms with Crippen LogP contribution in [0.25, 0.3) is 0 Å². The molecular weight excluding hydrogens is 174 g/mol. The Morgan fingerprint density at radius 2 is 1.93 bits per heavy atom. The Balaban J connectivity index is 1.73. The van der Waals surface area contributed by atoms with Crippen LogP contribution in [0.15, 0.2) is 0 Å². The average molecular weight is 197 g/mol. The number of hydrogen-bond acceptors (Lipinski definition) is 2. The van der Waals surface area contributed by atoms with E-state index >= 15 is 0 Å². The van der Waals surface area contributed by atoms with Crippen LogP contribution >= 0.6 is 0 Å². The molecule has 2 saturated carbocycles. The van der Waals surface area contributed by atoms with Gasteiger partial charge in [-0.1, -0.05) is 19.3 Å². The summed E-state index contributed by atoms with van der Waals surface area (Å²) in [6.07, 6.45) is 8.09. The van der Waals surface area contributed by atoms with Gasteiger partial charge in [-0.3, -0.25) is 0 Å². The van der Waals surface area contributed by atoms with Crippen LogP contribution < -0.4 is 5.32 Å². The lowest BCUT2D eigenvalue weighted by Gasteiger charge is -2.36. The van der Waals surface area contributed by atoms with Gasteiger partial charge in [-0.15, -0.1) is 0 Å². The Labute approximate surface area is 87.1 Å². The van der Waals surface area contributed by atoms with Crippen molar-refractivity contribution in [3.05, 3.63) is 0 Å². The molecule has 2 rings (SSSR count). The van der Waals surface area contributed by atoms with E-state index in [1.165, 1.54) is 32.1 Å². The third kappa shape index (κ3) is 2.71. The van der Waals surface area contributed by atoms with Crippen molar-refractivity contribution >= 4 is 0 Å². The van der Waals surface area contributed by atoms with Crippen molar-refractivity contribution in [2.45, 2.75) is 51.0 Å². The predicted octanol–water partition coefficient (Wildman–Crippen LogP) is 1.93. The zero-order chi connectivity index (χ0) is 10.0. The van der Waals surface area contributed by atoms with Crippen LogP contribution in [0.3, 0.4) is 0 Å². The van der Waals surface area contributed by atoms with Gasteiger partial charge >= 0.3 is 0 Å². The van der Waals surface area contributed by atoms with Crippen LogP contribution in [0.1, 0.15) is 45.4 Å². The first-order valence-electron chi connectivity index (χ1n) is 6.08. The molecule has 2 aliphatic rings. The van der Waals surface area contributed by atoms with Crippen molar-refractivity contribution in [3.8, 4) is 0 Å². The van der Waals surface area contributed by atoms with Crippen molar-refractivity contribution in [2.75, 3.05) is 13.2 Å². The average Bonchev–Trinajstić information content (AvgIpc) is 2.92. The Hall–Kier alpha value is -0.0800. The molecule has 0 heterocycles. The fourth-order valence-corrected chi connectivity index (χ4v) is 2.24. The normalized spacial score (nSPS) is 27.0. The molecule has 1 unspecified atom stereocenters. The molecule has 0 radical (unpaired) electrons. The van der Waals surface area contributed by atoms with E-state index in [1.807, 2.05) is 0 Å². The Bertz CT molecular complexity index is 187. The van der Waals surface area contributed by atoms with Gasteiger partial charge in [0.25, 0.3) is 0 Å². The zero-order valence-corrected chi connectivity index (χ0v) is 9.26. The molecule has 0 saturated heterocycles. The number of aliphatic hydroxyl groups is 1. The minimum absolute atomic E-state index is 0.00627. The molecular formula is C12H23NO. The Morgan fingerprint density at radius 1 is 1.21 bits per heavy atom. The third-order valence-electron chi connectivity index (χ3n) is 3.83. The molecule has 0 aromatic rings. The summed E-state index contributed by atoms with van der Waals surface area (Å²) in [6, 6.07) is 0. The highest BCUT2D eigenvalue weighted by Crippen LogP contribution is 2.34. The molecule has 0 aromatic heterocycles. The van der Waals surface area contributed by atoms with E-state index in [1.54, 1.807) is 0 Å². The summed E-state index contributed by atoms with van der Waals surface area (Å²) in [5.74, 6) is 1.78. The summed E-state index contributed by atoms with van der Waals surface area (Å²) >= 11 is 0. The van der Waals surface area contributed by atoms with Crippen LogP contribution in [-0.4, -0.2) is 23.8 Å². The smallest absolute Gasteiger partial charge is 0.0610 e. The van der Waals surface area contributed by atoms with Gasteiger partial charge < -0.3 is 10.4 Å². The van der Waals surface area contributed by atoms with Gasteiger partial charge in [0.15, 0.2) is 0 Å². The predicted molar refractivity (Wildman–Crippen MR) is 58.2 cm³/mol. The van der Waals surface area contributed by atoms with E-state index < -0.39 is 0 Å². The topological polar surface area (TPSA) is 32.3 Å². The molecule has 2 heteroatoms. The van der Waals surface area contributed by atoms with Crippen molar-refractivity contribution in [3.63, 3.8) is 0 Å². The fourth-order valence-electron chi connectivity index (χ4n) is 2.24. The molecule has 0 aromatic carbocycles. The summed E-state index contributed by atoms with van der Waals surface area (Å²) in [6.45, 7) is 3.58. The Morgan fingerprint density at radius 3 is 2.36 bits per heavy atom. The summed E-state index contributed by atoms with van der Waals surface area (Å²) < 4.78 is 0. The van der Waals surface area contributed by atoms with Gasteiger partial charge in [0.2, 0.25) is 0 Å². The maximum atomic E-state index is 9.42. The van der Waals surface area contributed by atoms with Gasteiger partial charge in [0.05, 0.1) is 6.61 Å². The van der Waals surface area contributed by atoms with E-state index in [0.29, 0.717) is 0 Å². The standard InChI is InChI=1S/C12H23NO/c1-12(9-14,7-10-3-2-4-10)13-8-11-5-6-11/h10-11,13-14H,2-9H2,1H3. The van der Waals surface area contributed by atoms with Crippen LogP contribution in [0.4, 0.5) is 0 Å². The van der Waals surface area contributed by atoms with Gasteiger partial charge in [-0.25, -0.2) is 0 Å². The van der Waals surface area contributed by atoms with E-state index in [4.69, 9.17) is 0 Å². The first-order chi connectivity index (χ1) is 6.72. The molecule has 1 atom stereocenters. The lowest BCUT2D eigenvalue weighted by atomic mass is 9.77. The Kier molecular flexibility index (Phi) is 3.13. The number of hydrogen-bond donors (Lipinski definition) is 2. The fraction of sp³-hybridized carbons (Fsp3) is 1.00. The second-order valence-electron chi connectivity index (χ2n) is 5.54. The molecule has 82 valence electrons. The summed E-state index contributed by atoms with van der Waals surface area (Å²) in [5.41, 5.74) is -0.00627. The van der Waals surface area contributed by atoms with Crippen molar-refractivity contribution in [1.82, 2.24) is 5.32 Å². The quantitative estimate of drug-likeness (QED) is 0.682. The molecule has 0 spiro atoms. The lowest BCUT2D eigenvalue weighted by Crippen LogP contribution is -2.48. The van der Waals surface area contributed by atoms with E-state index in [2.05, 4.69) is 12.2 Å². The molecule has 2 fully saturated rings. The molecule has 2 nitrogen and oxygen atoms in total. The van der Waals surface area contributed by atoms with Gasteiger partial charge in [-0.05, 0) is 44.6 Å². The van der Waals surface area contributed by atoms with Crippen LogP contribution in [0, 0.1) is 11.8 Å². The third-order valence-corrected chi connectivity index (χ3v) is 3.83. The first kappa shape index (κ1) is 10.4. The second kappa shape index (κ2) is 4.19. The largest absolute Gasteiger partial charge is 0.394 e. The SMILES string of the molecule is CC(CO)(CC1CCC1)NCC1CC1. The minimum Gasteiger partial charge on any atom is -0.394 e. The van der Waals surface area contributed by atoms with E-state index in [-0.39, 0.29) is 12.1 Å². The maximum absolute atomic E-state index is 9.42. The van der Waals surface area contributed by atoms with E-state index in [0.717, 1.165) is 24.8 Å². The highest BCUT2D eigenvalue weighted by Gasteiger charge is 2.32. The molecule has 2 N–H and O–H groups in total. The molecule has 0 aliphatic heterocycles. The molecule has 0 amide bonds. The summed E-state index contributed by atoms with van der Waals surface area (Å²) in [5, 5.41) is 13.0. The summed E-state index contributed by atoms with van der Waals surface area (Å²) in [7, 11) is 0. The van der Waals surface area contributed by atoms with Gasteiger partial charge in [0, 0.05) is 5.54 Å². The first-order valence-corrected chi connectivity index (χ1v) is 6.08. The van der Waals surface area contributed by atoms with Gasteiger partial charge in [0.1, 0.15) is 0 Å². The van der Waals surface area contributed by atoms with Crippen LogP contribution in [-0.2, 0) is 0 Å². The van der Waals surface area contributed by atoms with Gasteiger partial charge in [-0.2, -0.15) is 0 Å². The van der Waals surface area contributed by atoms with Crippen molar-refractivity contribution in [1.29, 1.82) is 0 Å². The monoisotopic (exact) mass is 197 g/mol. The lowest BCUT2D eigenvalue weighted by molar-refractivity contribution is 0.123. The van der Waals surface area contributed by atoms with Crippen molar-refractivity contribution < 1.29 is 5.11 Å². The molecule has 14 heavy (non-hydrogen) atoms. The number of aliphatic hydroxyl groups excluding tert-OH is 1. The zero-order valence-electron chi connectivity index (χ0n) is 9.26. The van der Waals surface area contributed by atoms with Crippen LogP contribution in [0.5, 0.6) is 0 Å². The second-order valence-corrected chi connectivity index (χ2v) is 5.54. The molecule has 2 aliphatic carbocycles. The van der Waals surface area contributed by atoms with Crippen LogP contribution in [0.2, 0.25) is 0 Å². The highest BCUT2D eigenvalue weighted by molar-refractivity contribution is 4.89. The number of nitrogens with one attached hydrogen (secondary N) is 1. The summed E-state index contributed by atoms with van der Waals surface area (Å²) in [4.78, 5) is 0. The molecule has 0 bridgehead atoms.